The van der Waals surface area contributed by atoms with Gasteiger partial charge in [0, 0.05) is 14.8 Å². The van der Waals surface area contributed by atoms with E-state index in [2.05, 4.69) is 0 Å². The molecule has 0 spiro atoms. The van der Waals surface area contributed by atoms with E-state index in [1.807, 2.05) is 12.1 Å². The van der Waals surface area contributed by atoms with Gasteiger partial charge in [-0.25, -0.2) is 4.79 Å². The van der Waals surface area contributed by atoms with Crippen LogP contribution in [-0.4, -0.2) is 11.1 Å². The highest BCUT2D eigenvalue weighted by Crippen LogP contribution is 2.34. The maximum Gasteiger partial charge on any atom is 0.335 e. The second kappa shape index (κ2) is 5.65. The highest BCUT2D eigenvalue weighted by molar-refractivity contribution is 7.99. The van der Waals surface area contributed by atoms with Gasteiger partial charge in [-0.1, -0.05) is 41.0 Å². The quantitative estimate of drug-likeness (QED) is 0.881. The summed E-state index contributed by atoms with van der Waals surface area (Å²) in [6.07, 6.45) is 0. The highest BCUT2D eigenvalue weighted by Gasteiger charge is 2.07. The number of carboxylic acids is 1. The molecule has 2 aromatic carbocycles. The average molecular weight is 299 g/mol. The molecular weight excluding hydrogens is 291 g/mol. The molecule has 92 valence electrons. The van der Waals surface area contributed by atoms with Crippen molar-refractivity contribution < 1.29 is 9.90 Å². The molecule has 18 heavy (non-hydrogen) atoms. The zero-order valence-corrected chi connectivity index (χ0v) is 11.4. The van der Waals surface area contributed by atoms with Crippen molar-refractivity contribution >= 4 is 40.9 Å². The van der Waals surface area contributed by atoms with Gasteiger partial charge in [-0.05, 0) is 36.4 Å². The molecule has 0 fully saturated rings. The summed E-state index contributed by atoms with van der Waals surface area (Å²) in [7, 11) is 0. The smallest absolute Gasteiger partial charge is 0.335 e. The lowest BCUT2D eigenvalue weighted by atomic mass is 10.2. The molecule has 0 aliphatic carbocycles. The van der Waals surface area contributed by atoms with E-state index in [0.29, 0.717) is 10.0 Å². The van der Waals surface area contributed by atoms with Crippen molar-refractivity contribution in [2.24, 2.45) is 0 Å². The van der Waals surface area contributed by atoms with E-state index < -0.39 is 5.97 Å². The minimum Gasteiger partial charge on any atom is -0.478 e. The Hall–Kier alpha value is -1.16. The Morgan fingerprint density at radius 2 is 1.89 bits per heavy atom. The van der Waals surface area contributed by atoms with Crippen LogP contribution in [0.3, 0.4) is 0 Å². The Morgan fingerprint density at radius 3 is 2.56 bits per heavy atom. The second-order valence-corrected chi connectivity index (χ2v) is 5.47. The van der Waals surface area contributed by atoms with Gasteiger partial charge in [0.15, 0.2) is 0 Å². The fourth-order valence-corrected chi connectivity index (χ4v) is 2.78. The zero-order chi connectivity index (χ0) is 13.1. The van der Waals surface area contributed by atoms with Crippen molar-refractivity contribution in [3.05, 3.63) is 58.1 Å². The predicted octanol–water partition coefficient (Wildman–Crippen LogP) is 4.84. The molecule has 0 amide bonds. The molecule has 0 saturated carbocycles. The van der Waals surface area contributed by atoms with E-state index in [4.69, 9.17) is 28.3 Å². The zero-order valence-electron chi connectivity index (χ0n) is 9.06. The van der Waals surface area contributed by atoms with Crippen molar-refractivity contribution in [1.29, 1.82) is 0 Å². The molecule has 0 aliphatic heterocycles. The van der Waals surface area contributed by atoms with E-state index >= 15 is 0 Å². The minimum atomic E-state index is -0.945. The third-order valence-electron chi connectivity index (χ3n) is 2.20. The molecule has 0 unspecified atom stereocenters. The summed E-state index contributed by atoms with van der Waals surface area (Å²) in [5.74, 6) is -0.945. The topological polar surface area (TPSA) is 37.3 Å². The van der Waals surface area contributed by atoms with Gasteiger partial charge >= 0.3 is 5.97 Å². The molecule has 0 bridgehead atoms. The van der Waals surface area contributed by atoms with Crippen LogP contribution in [0.2, 0.25) is 10.0 Å². The van der Waals surface area contributed by atoms with Gasteiger partial charge in [-0.15, -0.1) is 0 Å². The van der Waals surface area contributed by atoms with Crippen molar-refractivity contribution in [1.82, 2.24) is 0 Å². The first kappa shape index (κ1) is 13.3. The number of aromatic carboxylic acids is 1. The predicted molar refractivity (Wildman–Crippen MR) is 74.0 cm³/mol. The van der Waals surface area contributed by atoms with E-state index in [1.165, 1.54) is 11.8 Å². The van der Waals surface area contributed by atoms with E-state index in [1.54, 1.807) is 30.3 Å². The summed E-state index contributed by atoms with van der Waals surface area (Å²) < 4.78 is 0. The largest absolute Gasteiger partial charge is 0.478 e. The molecule has 0 heterocycles. The van der Waals surface area contributed by atoms with Gasteiger partial charge in [0.1, 0.15) is 0 Å². The first-order valence-electron chi connectivity index (χ1n) is 5.02. The summed E-state index contributed by atoms with van der Waals surface area (Å²) in [4.78, 5) is 12.5. The maximum atomic E-state index is 10.9. The summed E-state index contributed by atoms with van der Waals surface area (Å²) in [5.41, 5.74) is 0.255. The Labute approximate surface area is 119 Å². The molecule has 2 nitrogen and oxygen atoms in total. The average Bonchev–Trinajstić information content (AvgIpc) is 2.33. The first-order chi connectivity index (χ1) is 8.56. The molecule has 0 atom stereocenters. The number of benzene rings is 2. The molecule has 2 aromatic rings. The molecule has 0 radical (unpaired) electrons. The molecule has 1 N–H and O–H groups in total. The molecule has 0 aliphatic rings. The van der Waals surface area contributed by atoms with Gasteiger partial charge in [-0.3, -0.25) is 0 Å². The summed E-state index contributed by atoms with van der Waals surface area (Å²) in [6.45, 7) is 0. The summed E-state index contributed by atoms with van der Waals surface area (Å²) >= 11 is 13.3. The van der Waals surface area contributed by atoms with Crippen LogP contribution in [0.15, 0.2) is 52.3 Å². The Kier molecular flexibility index (Phi) is 4.17. The van der Waals surface area contributed by atoms with Crippen molar-refractivity contribution in [2.45, 2.75) is 9.79 Å². The number of hydrogen-bond acceptors (Lipinski definition) is 2. The van der Waals surface area contributed by atoms with E-state index in [9.17, 15) is 4.79 Å². The van der Waals surface area contributed by atoms with Crippen LogP contribution in [-0.2, 0) is 0 Å². The van der Waals surface area contributed by atoms with Gasteiger partial charge in [0.2, 0.25) is 0 Å². The second-order valence-electron chi connectivity index (χ2n) is 3.51. The maximum absolute atomic E-state index is 10.9. The van der Waals surface area contributed by atoms with Crippen LogP contribution in [0.1, 0.15) is 10.4 Å². The van der Waals surface area contributed by atoms with Gasteiger partial charge < -0.3 is 5.11 Å². The van der Waals surface area contributed by atoms with Crippen molar-refractivity contribution in [2.75, 3.05) is 0 Å². The molecule has 0 aromatic heterocycles. The van der Waals surface area contributed by atoms with Crippen molar-refractivity contribution in [3.63, 3.8) is 0 Å². The van der Waals surface area contributed by atoms with Crippen LogP contribution in [0, 0.1) is 0 Å². The van der Waals surface area contributed by atoms with Crippen LogP contribution in [0.5, 0.6) is 0 Å². The van der Waals surface area contributed by atoms with Crippen molar-refractivity contribution in [3.8, 4) is 0 Å². The van der Waals surface area contributed by atoms with Crippen LogP contribution >= 0.6 is 35.0 Å². The van der Waals surface area contributed by atoms with E-state index in [0.717, 1.165) is 9.79 Å². The summed E-state index contributed by atoms with van der Waals surface area (Å²) in [5, 5.41) is 10.0. The number of rotatable bonds is 3. The molecule has 5 heteroatoms. The number of halogens is 2. The lowest BCUT2D eigenvalue weighted by molar-refractivity contribution is 0.0696. The monoisotopic (exact) mass is 298 g/mol. The first-order valence-corrected chi connectivity index (χ1v) is 6.60. The Bertz CT molecular complexity index is 599. The van der Waals surface area contributed by atoms with Crippen LogP contribution in [0.4, 0.5) is 0 Å². The standard InChI is InChI=1S/C13H8Cl2O2S/c14-9-4-5-12(11(15)7-9)18-10-3-1-2-8(6-10)13(16)17/h1-7H,(H,16,17). The van der Waals surface area contributed by atoms with Gasteiger partial charge in [-0.2, -0.15) is 0 Å². The molecule has 2 rings (SSSR count). The lowest BCUT2D eigenvalue weighted by Gasteiger charge is -2.05. The minimum absolute atomic E-state index is 0.255. The number of hydrogen-bond donors (Lipinski definition) is 1. The van der Waals surface area contributed by atoms with Crippen LogP contribution in [0.25, 0.3) is 0 Å². The molecular formula is C13H8Cl2O2S. The third-order valence-corrected chi connectivity index (χ3v) is 3.93. The van der Waals surface area contributed by atoms with Gasteiger partial charge in [0.25, 0.3) is 0 Å². The van der Waals surface area contributed by atoms with Gasteiger partial charge in [0.05, 0.1) is 10.6 Å². The molecule has 0 saturated heterocycles. The third kappa shape index (κ3) is 3.19. The normalized spacial score (nSPS) is 10.3. The summed E-state index contributed by atoms with van der Waals surface area (Å²) in [6, 6.07) is 11.9. The highest BCUT2D eigenvalue weighted by atomic mass is 35.5. The van der Waals surface area contributed by atoms with Crippen LogP contribution < -0.4 is 0 Å². The van der Waals surface area contributed by atoms with E-state index in [-0.39, 0.29) is 5.56 Å². The Balaban J connectivity index is 2.28. The fourth-order valence-electron chi connectivity index (χ4n) is 1.38. The number of carbonyl (C=O) groups is 1. The lowest BCUT2D eigenvalue weighted by Crippen LogP contribution is -1.95. The SMILES string of the molecule is O=C(O)c1cccc(Sc2ccc(Cl)cc2Cl)c1. The number of carboxylic acid groups (broad SMARTS) is 1. The Morgan fingerprint density at radius 1 is 1.11 bits per heavy atom. The fraction of sp³-hybridized carbons (Fsp3) is 0.